The molecule has 0 saturated carbocycles. The van der Waals surface area contributed by atoms with E-state index in [9.17, 15) is 9.59 Å². The van der Waals surface area contributed by atoms with Gasteiger partial charge in [0.05, 0.1) is 0 Å². The van der Waals surface area contributed by atoms with Gasteiger partial charge in [-0.05, 0) is 31.2 Å². The minimum Gasteiger partial charge on any atom is -0.445 e. The summed E-state index contributed by atoms with van der Waals surface area (Å²) in [5.74, 6) is -0.277. The number of carbonyl (C=O) groups is 2. The maximum atomic E-state index is 11.9. The third kappa shape index (κ3) is 8.21. The molecule has 1 radical (unpaired) electrons. The van der Waals surface area contributed by atoms with Gasteiger partial charge in [-0.3, -0.25) is 4.79 Å². The second-order valence-electron chi connectivity index (χ2n) is 5.12. The Morgan fingerprint density at radius 1 is 1.17 bits per heavy atom. The number of rotatable bonds is 10. The van der Waals surface area contributed by atoms with Crippen molar-refractivity contribution in [2.45, 2.75) is 38.3 Å². The number of carbonyl (C=O) groups excluding carboxylic acids is 2. The van der Waals surface area contributed by atoms with Gasteiger partial charge in [-0.25, -0.2) is 4.79 Å². The number of unbranched alkanes of at least 4 members (excludes halogenated alkanes) is 2. The highest BCUT2D eigenvalue weighted by atomic mass is 16.5. The van der Waals surface area contributed by atoms with Gasteiger partial charge in [0.1, 0.15) is 12.6 Å². The minimum atomic E-state index is -0.712. The van der Waals surface area contributed by atoms with E-state index in [1.165, 1.54) is 0 Å². The predicted molar refractivity (Wildman–Crippen MR) is 87.5 cm³/mol. The summed E-state index contributed by atoms with van der Waals surface area (Å²) in [4.78, 5) is 23.7. The molecule has 127 valence electrons. The Balaban J connectivity index is 2.27. The first-order valence-corrected chi connectivity index (χ1v) is 7.82. The monoisotopic (exact) mass is 321 g/mol. The number of nitrogens with one attached hydrogen (secondary N) is 2. The summed E-state index contributed by atoms with van der Waals surface area (Å²) in [5.41, 5.74) is 0.877. The molecule has 1 atom stereocenters. The van der Waals surface area contributed by atoms with Gasteiger partial charge >= 0.3 is 6.09 Å². The van der Waals surface area contributed by atoms with Crippen LogP contribution in [0, 0.1) is 6.92 Å². The highest BCUT2D eigenvalue weighted by Gasteiger charge is 2.19. The Labute approximate surface area is 137 Å². The molecule has 0 aliphatic carbocycles. The van der Waals surface area contributed by atoms with Gasteiger partial charge in [0.15, 0.2) is 0 Å². The van der Waals surface area contributed by atoms with Gasteiger partial charge in [-0.1, -0.05) is 37.3 Å². The van der Waals surface area contributed by atoms with Crippen molar-refractivity contribution in [3.8, 4) is 0 Å². The predicted octanol–water partition coefficient (Wildman–Crippen LogP) is 1.78. The van der Waals surface area contributed by atoms with Crippen LogP contribution in [0.5, 0.6) is 0 Å². The molecule has 1 rings (SSSR count). The molecule has 0 heterocycles. The fourth-order valence-electron chi connectivity index (χ4n) is 1.92. The van der Waals surface area contributed by atoms with E-state index in [0.29, 0.717) is 6.54 Å². The average Bonchev–Trinajstić information content (AvgIpc) is 2.58. The molecule has 0 saturated heterocycles. The average molecular weight is 321 g/mol. The third-order valence-corrected chi connectivity index (χ3v) is 3.24. The van der Waals surface area contributed by atoms with Crippen LogP contribution in [0.2, 0.25) is 0 Å². The molecule has 6 heteroatoms. The van der Waals surface area contributed by atoms with Crippen LogP contribution < -0.4 is 10.6 Å². The topological polar surface area (TPSA) is 87.7 Å². The van der Waals surface area contributed by atoms with Crippen LogP contribution in [0.4, 0.5) is 4.79 Å². The summed E-state index contributed by atoms with van der Waals surface area (Å²) in [6, 6.07) is 8.60. The van der Waals surface area contributed by atoms with Crippen LogP contribution in [0.15, 0.2) is 30.3 Å². The van der Waals surface area contributed by atoms with Gasteiger partial charge in [0.25, 0.3) is 0 Å². The van der Waals surface area contributed by atoms with Gasteiger partial charge < -0.3 is 20.5 Å². The summed E-state index contributed by atoms with van der Waals surface area (Å²) < 4.78 is 5.08. The summed E-state index contributed by atoms with van der Waals surface area (Å²) in [5, 5.41) is 13.9. The maximum absolute atomic E-state index is 11.9. The minimum absolute atomic E-state index is 0.152. The normalized spacial score (nSPS) is 11.6. The quantitative estimate of drug-likeness (QED) is 0.573. The molecule has 6 nitrogen and oxygen atoms in total. The fraction of sp³-hybridized carbons (Fsp3) is 0.471. The standard InChI is InChI=1S/C17H25N2O4/c1-2-15(16(21)18-11-7-4-8-12-20)19-17(22)23-13-14-9-5-3-6-10-14/h3,5-6,9-10,15,20H,1-2,4,7-8,11-13H2,(H,18,21)(H,19,22)/t15-/m0/s1. The SMILES string of the molecule is [CH2]C[C@H](NC(=O)OCc1ccccc1)C(=O)NCCCCCO. The number of amides is 2. The number of ether oxygens (including phenoxy) is 1. The second kappa shape index (κ2) is 11.5. The van der Waals surface area contributed by atoms with E-state index in [4.69, 9.17) is 9.84 Å². The van der Waals surface area contributed by atoms with Crippen molar-refractivity contribution in [3.05, 3.63) is 42.8 Å². The van der Waals surface area contributed by atoms with E-state index in [0.717, 1.165) is 24.8 Å². The van der Waals surface area contributed by atoms with Crippen LogP contribution in [0.1, 0.15) is 31.2 Å². The zero-order chi connectivity index (χ0) is 16.9. The molecule has 2 amide bonds. The fourth-order valence-corrected chi connectivity index (χ4v) is 1.92. The first kappa shape index (κ1) is 19.0. The Kier molecular flexibility index (Phi) is 9.47. The van der Waals surface area contributed by atoms with Crippen LogP contribution in [-0.4, -0.2) is 36.3 Å². The number of benzene rings is 1. The van der Waals surface area contributed by atoms with E-state index in [1.54, 1.807) is 0 Å². The van der Waals surface area contributed by atoms with Crippen molar-refractivity contribution >= 4 is 12.0 Å². The molecule has 0 spiro atoms. The number of hydrogen-bond acceptors (Lipinski definition) is 4. The summed E-state index contributed by atoms with van der Waals surface area (Å²) in [7, 11) is 0. The van der Waals surface area contributed by atoms with E-state index in [2.05, 4.69) is 17.6 Å². The first-order chi connectivity index (χ1) is 11.2. The molecule has 0 aromatic heterocycles. The van der Waals surface area contributed by atoms with Gasteiger partial charge in [-0.15, -0.1) is 0 Å². The Hall–Kier alpha value is -2.08. The summed E-state index contributed by atoms with van der Waals surface area (Å²) >= 11 is 0. The molecule has 0 aliphatic heterocycles. The van der Waals surface area contributed by atoms with Crippen molar-refractivity contribution in [3.63, 3.8) is 0 Å². The van der Waals surface area contributed by atoms with Crippen molar-refractivity contribution in [2.24, 2.45) is 0 Å². The molecule has 0 bridgehead atoms. The molecule has 0 aliphatic rings. The highest BCUT2D eigenvalue weighted by molar-refractivity contribution is 5.85. The lowest BCUT2D eigenvalue weighted by Gasteiger charge is -2.16. The Morgan fingerprint density at radius 3 is 2.57 bits per heavy atom. The Morgan fingerprint density at radius 2 is 1.91 bits per heavy atom. The molecule has 3 N–H and O–H groups in total. The third-order valence-electron chi connectivity index (χ3n) is 3.24. The maximum Gasteiger partial charge on any atom is 0.408 e. The number of alkyl carbamates (subject to hydrolysis) is 1. The molecule has 23 heavy (non-hydrogen) atoms. The lowest BCUT2D eigenvalue weighted by molar-refractivity contribution is -0.123. The lowest BCUT2D eigenvalue weighted by atomic mass is 10.2. The van der Waals surface area contributed by atoms with Crippen molar-refractivity contribution < 1.29 is 19.4 Å². The lowest BCUT2D eigenvalue weighted by Crippen LogP contribution is -2.46. The number of aliphatic hydroxyl groups is 1. The van der Waals surface area contributed by atoms with E-state index in [-0.39, 0.29) is 25.5 Å². The van der Waals surface area contributed by atoms with Crippen LogP contribution in [0.25, 0.3) is 0 Å². The smallest absolute Gasteiger partial charge is 0.408 e. The highest BCUT2D eigenvalue weighted by Crippen LogP contribution is 2.01. The van der Waals surface area contributed by atoms with E-state index < -0.39 is 12.1 Å². The van der Waals surface area contributed by atoms with Crippen LogP contribution >= 0.6 is 0 Å². The molecular formula is C17H25N2O4. The van der Waals surface area contributed by atoms with Crippen LogP contribution in [0.3, 0.4) is 0 Å². The van der Waals surface area contributed by atoms with Gasteiger partial charge in [-0.2, -0.15) is 0 Å². The summed E-state index contributed by atoms with van der Waals surface area (Å²) in [6.45, 7) is 4.49. The molecule has 1 aromatic rings. The van der Waals surface area contributed by atoms with Crippen molar-refractivity contribution in [1.29, 1.82) is 0 Å². The first-order valence-electron chi connectivity index (χ1n) is 7.82. The zero-order valence-electron chi connectivity index (χ0n) is 13.3. The largest absolute Gasteiger partial charge is 0.445 e. The van der Waals surface area contributed by atoms with Crippen molar-refractivity contribution in [1.82, 2.24) is 10.6 Å². The molecule has 1 aromatic carbocycles. The molecular weight excluding hydrogens is 296 g/mol. The van der Waals surface area contributed by atoms with Crippen molar-refractivity contribution in [2.75, 3.05) is 13.2 Å². The zero-order valence-corrected chi connectivity index (χ0v) is 13.3. The number of hydrogen-bond donors (Lipinski definition) is 3. The summed E-state index contributed by atoms with van der Waals surface area (Å²) in [6.07, 6.45) is 1.95. The Bertz CT molecular complexity index is 465. The molecule has 0 unspecified atom stereocenters. The molecule has 0 fully saturated rings. The van der Waals surface area contributed by atoms with E-state index in [1.807, 2.05) is 30.3 Å². The second-order valence-corrected chi connectivity index (χ2v) is 5.12. The number of aliphatic hydroxyl groups excluding tert-OH is 1. The van der Waals surface area contributed by atoms with Crippen LogP contribution in [-0.2, 0) is 16.1 Å². The van der Waals surface area contributed by atoms with Gasteiger partial charge in [0, 0.05) is 13.2 Å². The van der Waals surface area contributed by atoms with Gasteiger partial charge in [0.2, 0.25) is 5.91 Å². The van der Waals surface area contributed by atoms with E-state index >= 15 is 0 Å².